The lowest BCUT2D eigenvalue weighted by atomic mass is 9.89. The molecule has 3 N–H and O–H groups in total. The second-order valence-corrected chi connectivity index (χ2v) is 7.10. The third-order valence-electron chi connectivity index (χ3n) is 3.75. The number of hydrogen-bond acceptors (Lipinski definition) is 3. The van der Waals surface area contributed by atoms with E-state index in [4.69, 9.17) is 5.73 Å². The fourth-order valence-corrected chi connectivity index (χ4v) is 3.70. The first-order valence-corrected chi connectivity index (χ1v) is 8.47. The first kappa shape index (κ1) is 15.4. The van der Waals surface area contributed by atoms with Crippen molar-refractivity contribution < 1.29 is 8.42 Å². The van der Waals surface area contributed by atoms with E-state index in [-0.39, 0.29) is 6.04 Å². The van der Waals surface area contributed by atoms with Gasteiger partial charge < -0.3 is 5.73 Å². The Bertz CT molecular complexity index is 545. The van der Waals surface area contributed by atoms with Crippen LogP contribution < -0.4 is 10.5 Å². The average Bonchev–Trinajstić information content (AvgIpc) is 2.44. The van der Waals surface area contributed by atoms with Crippen molar-refractivity contribution in [1.82, 2.24) is 9.03 Å². The van der Waals surface area contributed by atoms with Gasteiger partial charge in [0.1, 0.15) is 0 Å². The molecule has 0 fully saturated rings. The van der Waals surface area contributed by atoms with Crippen molar-refractivity contribution in [2.24, 2.45) is 5.73 Å². The number of nitrogens with one attached hydrogen (secondary N) is 1. The zero-order valence-electron chi connectivity index (χ0n) is 11.9. The highest BCUT2D eigenvalue weighted by Crippen LogP contribution is 2.21. The van der Waals surface area contributed by atoms with E-state index in [9.17, 15) is 8.42 Å². The summed E-state index contributed by atoms with van der Waals surface area (Å²) in [6.07, 6.45) is 3.21. The summed E-state index contributed by atoms with van der Waals surface area (Å²) < 4.78 is 28.5. The quantitative estimate of drug-likeness (QED) is 0.810. The first-order valence-electron chi connectivity index (χ1n) is 7.03. The molecule has 1 aromatic carbocycles. The minimum absolute atomic E-state index is 0.0183. The van der Waals surface area contributed by atoms with E-state index in [1.807, 2.05) is 12.1 Å². The highest BCUT2D eigenvalue weighted by Gasteiger charge is 2.25. The second kappa shape index (κ2) is 6.67. The summed E-state index contributed by atoms with van der Waals surface area (Å²) in [7, 11) is -1.81. The van der Waals surface area contributed by atoms with Gasteiger partial charge in [0.15, 0.2) is 0 Å². The summed E-state index contributed by atoms with van der Waals surface area (Å²) in [5.41, 5.74) is 7.99. The highest BCUT2D eigenvalue weighted by molar-refractivity contribution is 7.87. The smallest absolute Gasteiger partial charge is 0.279 e. The summed E-state index contributed by atoms with van der Waals surface area (Å²) >= 11 is 0. The number of hydrogen-bond donors (Lipinski definition) is 2. The molecule has 112 valence electrons. The van der Waals surface area contributed by atoms with E-state index in [1.165, 1.54) is 15.4 Å². The van der Waals surface area contributed by atoms with E-state index in [0.29, 0.717) is 19.5 Å². The van der Waals surface area contributed by atoms with Gasteiger partial charge in [-0.15, -0.1) is 0 Å². The third-order valence-corrected chi connectivity index (χ3v) is 5.38. The van der Waals surface area contributed by atoms with Crippen LogP contribution in [-0.2, 0) is 23.1 Å². The Morgan fingerprint density at radius 2 is 2.05 bits per heavy atom. The van der Waals surface area contributed by atoms with Crippen molar-refractivity contribution in [2.75, 3.05) is 20.1 Å². The maximum atomic E-state index is 12.2. The molecule has 5 nitrogen and oxygen atoms in total. The van der Waals surface area contributed by atoms with Gasteiger partial charge in [0, 0.05) is 19.6 Å². The van der Waals surface area contributed by atoms with Crippen LogP contribution in [0.25, 0.3) is 0 Å². The Hall–Kier alpha value is -0.950. The molecule has 6 heteroatoms. The van der Waals surface area contributed by atoms with Crippen molar-refractivity contribution in [3.8, 4) is 0 Å². The summed E-state index contributed by atoms with van der Waals surface area (Å²) in [4.78, 5) is 0. The summed E-state index contributed by atoms with van der Waals surface area (Å²) in [5.74, 6) is 0. The third kappa shape index (κ3) is 3.79. The van der Waals surface area contributed by atoms with Crippen molar-refractivity contribution in [1.29, 1.82) is 0 Å². The molecule has 1 aliphatic carbocycles. The van der Waals surface area contributed by atoms with Crippen LogP contribution in [0.4, 0.5) is 0 Å². The minimum Gasteiger partial charge on any atom is -0.330 e. The fraction of sp³-hybridized carbons (Fsp3) is 0.571. The lowest BCUT2D eigenvalue weighted by Gasteiger charge is -2.27. The molecule has 0 radical (unpaired) electrons. The van der Waals surface area contributed by atoms with Gasteiger partial charge in [0.2, 0.25) is 0 Å². The van der Waals surface area contributed by atoms with Gasteiger partial charge in [-0.3, -0.25) is 0 Å². The Labute approximate surface area is 121 Å². The lowest BCUT2D eigenvalue weighted by molar-refractivity contribution is 0.431. The number of nitrogens with two attached hydrogens (primary N) is 1. The van der Waals surface area contributed by atoms with Crippen LogP contribution in [0.5, 0.6) is 0 Å². The standard InChI is InChI=1S/C14H23N3O2S/c1-17(10-4-9-15)20(18,19)16-14-8-7-12-5-2-3-6-13(12)11-14/h2-3,5-6,14,16H,4,7-11,15H2,1H3. The predicted octanol–water partition coefficient (Wildman–Crippen LogP) is 0.659. The molecule has 20 heavy (non-hydrogen) atoms. The molecule has 0 saturated heterocycles. The van der Waals surface area contributed by atoms with Crippen molar-refractivity contribution in [3.05, 3.63) is 35.4 Å². The molecular formula is C14H23N3O2S. The minimum atomic E-state index is -3.41. The van der Waals surface area contributed by atoms with Crippen LogP contribution in [0, 0.1) is 0 Å². The topological polar surface area (TPSA) is 75.4 Å². The number of rotatable bonds is 6. The van der Waals surface area contributed by atoms with Crippen LogP contribution >= 0.6 is 0 Å². The molecule has 1 aromatic rings. The van der Waals surface area contributed by atoms with E-state index in [2.05, 4.69) is 16.9 Å². The number of benzene rings is 1. The van der Waals surface area contributed by atoms with Gasteiger partial charge in [-0.2, -0.15) is 17.4 Å². The molecule has 1 atom stereocenters. The molecule has 0 aliphatic heterocycles. The molecule has 1 unspecified atom stereocenters. The summed E-state index contributed by atoms with van der Waals surface area (Å²) in [6.45, 7) is 0.950. The zero-order valence-corrected chi connectivity index (χ0v) is 12.7. The van der Waals surface area contributed by atoms with Gasteiger partial charge in [0.05, 0.1) is 0 Å². The van der Waals surface area contributed by atoms with Crippen LogP contribution in [0.2, 0.25) is 0 Å². The molecule has 1 aliphatic rings. The maximum Gasteiger partial charge on any atom is 0.279 e. The van der Waals surface area contributed by atoms with Crippen LogP contribution in [0.3, 0.4) is 0 Å². The predicted molar refractivity (Wildman–Crippen MR) is 80.6 cm³/mol. The van der Waals surface area contributed by atoms with Gasteiger partial charge in [-0.25, -0.2) is 0 Å². The number of aryl methyl sites for hydroxylation is 1. The van der Waals surface area contributed by atoms with Gasteiger partial charge in [0.25, 0.3) is 10.2 Å². The Kier molecular flexibility index (Phi) is 5.15. The second-order valence-electron chi connectivity index (χ2n) is 5.30. The lowest BCUT2D eigenvalue weighted by Crippen LogP contribution is -2.46. The fourth-order valence-electron chi connectivity index (χ4n) is 2.53. The number of nitrogens with zero attached hydrogens (tertiary/aromatic N) is 1. The maximum absolute atomic E-state index is 12.2. The van der Waals surface area contributed by atoms with Crippen molar-refractivity contribution >= 4 is 10.2 Å². The normalized spacial score (nSPS) is 19.1. The summed E-state index contributed by atoms with van der Waals surface area (Å²) in [5, 5.41) is 0. The van der Waals surface area contributed by atoms with Gasteiger partial charge in [-0.05, 0) is 43.4 Å². The summed E-state index contributed by atoms with van der Waals surface area (Å²) in [6, 6.07) is 8.21. The van der Waals surface area contributed by atoms with E-state index in [0.717, 1.165) is 19.3 Å². The van der Waals surface area contributed by atoms with Crippen LogP contribution in [0.1, 0.15) is 24.0 Å². The molecule has 0 bridgehead atoms. The highest BCUT2D eigenvalue weighted by atomic mass is 32.2. The monoisotopic (exact) mass is 297 g/mol. The van der Waals surface area contributed by atoms with Crippen molar-refractivity contribution in [3.63, 3.8) is 0 Å². The van der Waals surface area contributed by atoms with Crippen molar-refractivity contribution in [2.45, 2.75) is 31.7 Å². The Morgan fingerprint density at radius 1 is 1.35 bits per heavy atom. The molecule has 0 saturated carbocycles. The van der Waals surface area contributed by atoms with Gasteiger partial charge in [-0.1, -0.05) is 24.3 Å². The van der Waals surface area contributed by atoms with E-state index in [1.54, 1.807) is 7.05 Å². The molecule has 0 heterocycles. The molecule has 2 rings (SSSR count). The molecular weight excluding hydrogens is 274 g/mol. The molecule has 0 aromatic heterocycles. The van der Waals surface area contributed by atoms with E-state index >= 15 is 0 Å². The zero-order chi connectivity index (χ0) is 14.6. The number of fused-ring (bicyclic) bond motifs is 1. The molecule has 0 spiro atoms. The average molecular weight is 297 g/mol. The van der Waals surface area contributed by atoms with Gasteiger partial charge >= 0.3 is 0 Å². The SMILES string of the molecule is CN(CCCN)S(=O)(=O)NC1CCc2ccccc2C1. The molecule has 0 amide bonds. The van der Waals surface area contributed by atoms with Crippen LogP contribution in [0.15, 0.2) is 24.3 Å². The first-order chi connectivity index (χ1) is 9.53. The van der Waals surface area contributed by atoms with Crippen LogP contribution in [-0.4, -0.2) is 38.9 Å². The largest absolute Gasteiger partial charge is 0.330 e. The van der Waals surface area contributed by atoms with E-state index < -0.39 is 10.2 Å². The Morgan fingerprint density at radius 3 is 2.75 bits per heavy atom. The Balaban J connectivity index is 1.98.